The molecule has 0 saturated heterocycles. The van der Waals surface area contributed by atoms with Gasteiger partial charge in [-0.25, -0.2) is 0 Å². The first-order valence-electron chi connectivity index (χ1n) is 6.68. The number of carbonyl (C=O) groups excluding carboxylic acids is 1. The van der Waals surface area contributed by atoms with Crippen molar-refractivity contribution < 1.29 is 4.79 Å². The molecule has 0 aliphatic heterocycles. The first kappa shape index (κ1) is 15.6. The Labute approximate surface area is 115 Å². The Morgan fingerprint density at radius 1 is 1.37 bits per heavy atom. The molecule has 0 radical (unpaired) electrons. The maximum atomic E-state index is 12.2. The van der Waals surface area contributed by atoms with Gasteiger partial charge in [-0.3, -0.25) is 9.78 Å². The van der Waals surface area contributed by atoms with Gasteiger partial charge in [0.1, 0.15) is 0 Å². The van der Waals surface area contributed by atoms with Gasteiger partial charge in [0.15, 0.2) is 0 Å². The van der Waals surface area contributed by atoms with Crippen molar-refractivity contribution in [3.8, 4) is 0 Å². The molecule has 4 nitrogen and oxygen atoms in total. The minimum Gasteiger partial charge on any atom is -0.355 e. The van der Waals surface area contributed by atoms with Crippen molar-refractivity contribution in [1.82, 2.24) is 10.3 Å². The predicted molar refractivity (Wildman–Crippen MR) is 77.7 cm³/mol. The zero-order valence-electron chi connectivity index (χ0n) is 12.4. The normalized spacial score (nSPS) is 12.3. The lowest BCUT2D eigenvalue weighted by Crippen LogP contribution is -2.43. The average molecular weight is 263 g/mol. The van der Waals surface area contributed by atoms with Crippen LogP contribution in [0.5, 0.6) is 0 Å². The van der Waals surface area contributed by atoms with Gasteiger partial charge in [0.2, 0.25) is 5.91 Å². The van der Waals surface area contributed by atoms with Gasteiger partial charge in [-0.2, -0.15) is 0 Å². The van der Waals surface area contributed by atoms with Crippen molar-refractivity contribution in [2.45, 2.75) is 39.5 Å². The van der Waals surface area contributed by atoms with E-state index in [4.69, 9.17) is 5.73 Å². The van der Waals surface area contributed by atoms with Crippen molar-refractivity contribution in [2.24, 2.45) is 11.1 Å². The average Bonchev–Trinajstić information content (AvgIpc) is 2.37. The van der Waals surface area contributed by atoms with Crippen LogP contribution in [0.15, 0.2) is 24.5 Å². The first-order chi connectivity index (χ1) is 8.79. The second kappa shape index (κ2) is 6.15. The Morgan fingerprint density at radius 2 is 2.05 bits per heavy atom. The number of hydrogen-bond acceptors (Lipinski definition) is 3. The van der Waals surface area contributed by atoms with Gasteiger partial charge in [-0.1, -0.05) is 33.8 Å². The van der Waals surface area contributed by atoms with Crippen LogP contribution in [0, 0.1) is 5.41 Å². The number of nitrogens with two attached hydrogens (primary N) is 1. The fraction of sp³-hybridized carbons (Fsp3) is 0.600. The maximum absolute atomic E-state index is 12.2. The SMILES string of the molecule is CC(C)(CCN)C(=O)NCC(C)(C)c1cccnc1. The molecule has 1 rings (SSSR count). The van der Waals surface area contributed by atoms with Crippen molar-refractivity contribution in [2.75, 3.05) is 13.1 Å². The molecule has 19 heavy (non-hydrogen) atoms. The standard InChI is InChI=1S/C15H25N3O/c1-14(2,7-8-16)13(19)18-11-15(3,4)12-6-5-9-17-10-12/h5-6,9-10H,7-8,11,16H2,1-4H3,(H,18,19). The zero-order chi connectivity index (χ0) is 14.5. The molecule has 0 atom stereocenters. The Balaban J connectivity index is 2.64. The van der Waals surface area contributed by atoms with Crippen molar-refractivity contribution >= 4 is 5.91 Å². The fourth-order valence-electron chi connectivity index (χ4n) is 1.88. The molecule has 1 aromatic rings. The Hall–Kier alpha value is -1.42. The molecule has 0 spiro atoms. The topological polar surface area (TPSA) is 68.0 Å². The summed E-state index contributed by atoms with van der Waals surface area (Å²) in [5.41, 5.74) is 6.10. The van der Waals surface area contributed by atoms with Crippen LogP contribution in [0.3, 0.4) is 0 Å². The van der Waals surface area contributed by atoms with E-state index in [0.29, 0.717) is 19.5 Å². The third-order valence-electron chi connectivity index (χ3n) is 3.52. The van der Waals surface area contributed by atoms with Crippen LogP contribution in [-0.4, -0.2) is 24.0 Å². The second-order valence-electron chi connectivity index (χ2n) is 6.23. The summed E-state index contributed by atoms with van der Waals surface area (Å²) in [6.07, 6.45) is 4.28. The zero-order valence-corrected chi connectivity index (χ0v) is 12.4. The van der Waals surface area contributed by atoms with E-state index in [0.717, 1.165) is 5.56 Å². The number of hydrogen-bond donors (Lipinski definition) is 2. The molecule has 0 bridgehead atoms. The molecular formula is C15H25N3O. The summed E-state index contributed by atoms with van der Waals surface area (Å²) < 4.78 is 0. The van der Waals surface area contributed by atoms with Crippen molar-refractivity contribution in [3.63, 3.8) is 0 Å². The van der Waals surface area contributed by atoms with Crippen LogP contribution < -0.4 is 11.1 Å². The molecule has 0 fully saturated rings. The smallest absolute Gasteiger partial charge is 0.225 e. The van der Waals surface area contributed by atoms with E-state index < -0.39 is 5.41 Å². The number of pyridine rings is 1. The summed E-state index contributed by atoms with van der Waals surface area (Å²) >= 11 is 0. The van der Waals surface area contributed by atoms with Crippen LogP contribution in [-0.2, 0) is 10.2 Å². The minimum atomic E-state index is -0.417. The molecule has 0 unspecified atom stereocenters. The summed E-state index contributed by atoms with van der Waals surface area (Å²) in [4.78, 5) is 16.3. The Kier molecular flexibility index (Phi) is 5.06. The van der Waals surface area contributed by atoms with Crippen LogP contribution in [0.1, 0.15) is 39.7 Å². The van der Waals surface area contributed by atoms with E-state index >= 15 is 0 Å². The summed E-state index contributed by atoms with van der Waals surface area (Å²) in [5.74, 6) is 0.0508. The lowest BCUT2D eigenvalue weighted by Gasteiger charge is -2.29. The Morgan fingerprint density at radius 3 is 2.58 bits per heavy atom. The van der Waals surface area contributed by atoms with Gasteiger partial charge in [-0.05, 0) is 24.6 Å². The van der Waals surface area contributed by atoms with E-state index in [-0.39, 0.29) is 11.3 Å². The van der Waals surface area contributed by atoms with Crippen molar-refractivity contribution in [3.05, 3.63) is 30.1 Å². The fourth-order valence-corrected chi connectivity index (χ4v) is 1.88. The largest absolute Gasteiger partial charge is 0.355 e. The number of rotatable bonds is 6. The second-order valence-corrected chi connectivity index (χ2v) is 6.23. The number of carbonyl (C=O) groups is 1. The molecule has 1 aromatic heterocycles. The summed E-state index contributed by atoms with van der Waals surface area (Å²) in [6, 6.07) is 3.95. The lowest BCUT2D eigenvalue weighted by molar-refractivity contribution is -0.129. The van der Waals surface area contributed by atoms with Gasteiger partial charge >= 0.3 is 0 Å². The molecule has 1 amide bonds. The van der Waals surface area contributed by atoms with Crippen LogP contribution in [0.4, 0.5) is 0 Å². The van der Waals surface area contributed by atoms with Crippen molar-refractivity contribution in [1.29, 1.82) is 0 Å². The quantitative estimate of drug-likeness (QED) is 0.823. The minimum absolute atomic E-state index is 0.0508. The molecular weight excluding hydrogens is 238 g/mol. The van der Waals surface area contributed by atoms with E-state index in [1.165, 1.54) is 0 Å². The van der Waals surface area contributed by atoms with Crippen LogP contribution >= 0.6 is 0 Å². The molecule has 0 aliphatic carbocycles. The number of amides is 1. The third kappa shape index (κ3) is 4.31. The van der Waals surface area contributed by atoms with Crippen LogP contribution in [0.25, 0.3) is 0 Å². The van der Waals surface area contributed by atoms with E-state index in [9.17, 15) is 4.79 Å². The highest BCUT2D eigenvalue weighted by Gasteiger charge is 2.29. The molecule has 0 aromatic carbocycles. The van der Waals surface area contributed by atoms with Gasteiger partial charge in [0, 0.05) is 29.8 Å². The van der Waals surface area contributed by atoms with E-state index in [1.54, 1.807) is 6.20 Å². The number of aromatic nitrogens is 1. The highest BCUT2D eigenvalue weighted by molar-refractivity contribution is 5.81. The lowest BCUT2D eigenvalue weighted by atomic mass is 9.84. The van der Waals surface area contributed by atoms with E-state index in [2.05, 4.69) is 24.1 Å². The molecule has 106 valence electrons. The summed E-state index contributed by atoms with van der Waals surface area (Å²) in [7, 11) is 0. The number of nitrogens with zero attached hydrogens (tertiary/aromatic N) is 1. The van der Waals surface area contributed by atoms with Gasteiger partial charge in [0.05, 0.1) is 0 Å². The summed E-state index contributed by atoms with van der Waals surface area (Å²) in [5, 5.41) is 3.02. The highest BCUT2D eigenvalue weighted by atomic mass is 16.2. The molecule has 4 heteroatoms. The van der Waals surface area contributed by atoms with E-state index in [1.807, 2.05) is 32.2 Å². The monoisotopic (exact) mass is 263 g/mol. The third-order valence-corrected chi connectivity index (χ3v) is 3.52. The Bertz CT molecular complexity index is 413. The summed E-state index contributed by atoms with van der Waals surface area (Å²) in [6.45, 7) is 9.15. The molecule has 0 aliphatic rings. The predicted octanol–water partition coefficient (Wildman–Crippen LogP) is 1.85. The van der Waals surface area contributed by atoms with Crippen LogP contribution in [0.2, 0.25) is 0 Å². The van der Waals surface area contributed by atoms with Gasteiger partial charge in [0.25, 0.3) is 0 Å². The molecule has 0 saturated carbocycles. The van der Waals surface area contributed by atoms with Gasteiger partial charge < -0.3 is 11.1 Å². The van der Waals surface area contributed by atoms with Gasteiger partial charge in [-0.15, -0.1) is 0 Å². The first-order valence-corrected chi connectivity index (χ1v) is 6.68. The molecule has 3 N–H and O–H groups in total. The molecule has 1 heterocycles. The maximum Gasteiger partial charge on any atom is 0.225 e. The number of nitrogens with one attached hydrogen (secondary N) is 1. The highest BCUT2D eigenvalue weighted by Crippen LogP contribution is 2.23.